The van der Waals surface area contributed by atoms with Crippen molar-refractivity contribution in [1.29, 1.82) is 0 Å². The monoisotopic (exact) mass is 268 g/mol. The Morgan fingerprint density at radius 3 is 2.78 bits per heavy atom. The molecular formula is C14H17ClO3. The first kappa shape index (κ1) is 13.4. The van der Waals surface area contributed by atoms with Crippen molar-refractivity contribution in [3.63, 3.8) is 0 Å². The number of hydrogen-bond donors (Lipinski definition) is 1. The smallest absolute Gasteiger partial charge is 0.134 e. The van der Waals surface area contributed by atoms with Crippen molar-refractivity contribution in [2.45, 2.75) is 32.0 Å². The highest BCUT2D eigenvalue weighted by atomic mass is 35.5. The zero-order valence-electron chi connectivity index (χ0n) is 10.7. The molecule has 1 unspecified atom stereocenters. The molecule has 3 nitrogen and oxygen atoms in total. The second-order valence-electron chi connectivity index (χ2n) is 5.01. The van der Waals surface area contributed by atoms with Crippen LogP contribution in [0.4, 0.5) is 0 Å². The number of aliphatic hydroxyl groups excluding tert-OH is 1. The van der Waals surface area contributed by atoms with Crippen molar-refractivity contribution in [2.75, 3.05) is 7.11 Å². The number of ether oxygens (including phenoxy) is 1. The maximum Gasteiger partial charge on any atom is 0.134 e. The summed E-state index contributed by atoms with van der Waals surface area (Å²) >= 11 is 5.91. The zero-order chi connectivity index (χ0) is 13.3. The molecule has 0 aliphatic rings. The maximum absolute atomic E-state index is 10.2. The average Bonchev–Trinajstić information content (AvgIpc) is 2.71. The average molecular weight is 269 g/mol. The van der Waals surface area contributed by atoms with Crippen LogP contribution in [0.25, 0.3) is 11.0 Å². The highest BCUT2D eigenvalue weighted by molar-refractivity contribution is 6.31. The van der Waals surface area contributed by atoms with E-state index in [2.05, 4.69) is 0 Å². The van der Waals surface area contributed by atoms with Crippen molar-refractivity contribution < 1.29 is 14.3 Å². The summed E-state index contributed by atoms with van der Waals surface area (Å²) < 4.78 is 10.9. The van der Waals surface area contributed by atoms with Gasteiger partial charge in [0.05, 0.1) is 5.60 Å². The minimum Gasteiger partial charge on any atom is -0.458 e. The molecule has 2 aromatic rings. The second kappa shape index (κ2) is 4.92. The molecule has 0 saturated heterocycles. The van der Waals surface area contributed by atoms with Gasteiger partial charge in [0.15, 0.2) is 0 Å². The predicted molar refractivity (Wildman–Crippen MR) is 71.9 cm³/mol. The Morgan fingerprint density at radius 2 is 2.11 bits per heavy atom. The lowest BCUT2D eigenvalue weighted by Gasteiger charge is -2.24. The van der Waals surface area contributed by atoms with Crippen LogP contribution in [0.15, 0.2) is 28.7 Å². The molecule has 98 valence electrons. The third kappa shape index (κ3) is 2.86. The Labute approximate surface area is 111 Å². The van der Waals surface area contributed by atoms with Crippen molar-refractivity contribution in [3.05, 3.63) is 35.0 Å². The molecule has 0 bridgehead atoms. The largest absolute Gasteiger partial charge is 0.458 e. The molecule has 2 rings (SSSR count). The Hall–Kier alpha value is -1.03. The molecule has 0 aliphatic heterocycles. The summed E-state index contributed by atoms with van der Waals surface area (Å²) in [5.74, 6) is 0.539. The number of aliphatic hydroxyl groups is 1. The van der Waals surface area contributed by atoms with Gasteiger partial charge in [-0.2, -0.15) is 0 Å². The van der Waals surface area contributed by atoms with Gasteiger partial charge in [-0.15, -0.1) is 0 Å². The fourth-order valence-electron chi connectivity index (χ4n) is 1.85. The molecule has 4 heteroatoms. The summed E-state index contributed by atoms with van der Waals surface area (Å²) in [4.78, 5) is 0. The van der Waals surface area contributed by atoms with Crippen molar-refractivity contribution in [1.82, 2.24) is 0 Å². The topological polar surface area (TPSA) is 42.6 Å². The van der Waals surface area contributed by atoms with Gasteiger partial charge in [-0.05, 0) is 38.1 Å². The summed E-state index contributed by atoms with van der Waals surface area (Å²) in [7, 11) is 1.63. The number of rotatable bonds is 4. The molecule has 0 spiro atoms. The number of furan rings is 1. The van der Waals surface area contributed by atoms with E-state index in [1.54, 1.807) is 19.2 Å². The highest BCUT2D eigenvalue weighted by Crippen LogP contribution is 2.31. The molecule has 0 fully saturated rings. The Bertz CT molecular complexity index is 545. The van der Waals surface area contributed by atoms with Crippen molar-refractivity contribution in [3.8, 4) is 0 Å². The Balaban J connectivity index is 2.25. The lowest BCUT2D eigenvalue weighted by Crippen LogP contribution is -2.25. The van der Waals surface area contributed by atoms with Gasteiger partial charge >= 0.3 is 0 Å². The molecule has 0 saturated carbocycles. The normalized spacial score (nSPS) is 14.1. The first-order valence-corrected chi connectivity index (χ1v) is 6.21. The molecule has 0 radical (unpaired) electrons. The molecular weight excluding hydrogens is 252 g/mol. The van der Waals surface area contributed by atoms with E-state index in [0.29, 0.717) is 17.2 Å². The molecule has 1 N–H and O–H groups in total. The molecule has 1 aromatic carbocycles. The lowest BCUT2D eigenvalue weighted by molar-refractivity contribution is -0.0245. The molecule has 18 heavy (non-hydrogen) atoms. The molecule has 1 aromatic heterocycles. The predicted octanol–water partition coefficient (Wildman–Crippen LogP) is 3.93. The Kier molecular flexibility index (Phi) is 3.66. The second-order valence-corrected chi connectivity index (χ2v) is 5.45. The standard InChI is InChI=1S/C14H17ClO3/c1-14(2,17-3)8-11(16)13-7-9-6-10(15)4-5-12(9)18-13/h4-7,11,16H,8H2,1-3H3. The van der Waals surface area contributed by atoms with Crippen LogP contribution in [0.5, 0.6) is 0 Å². The van der Waals surface area contributed by atoms with Crippen molar-refractivity contribution in [2.24, 2.45) is 0 Å². The van der Waals surface area contributed by atoms with E-state index in [9.17, 15) is 5.11 Å². The van der Waals surface area contributed by atoms with Crippen LogP contribution in [0, 0.1) is 0 Å². The van der Waals surface area contributed by atoms with Gasteiger partial charge in [0.1, 0.15) is 17.4 Å². The van der Waals surface area contributed by atoms with E-state index in [0.717, 1.165) is 11.0 Å². The maximum atomic E-state index is 10.2. The van der Waals surface area contributed by atoms with Gasteiger partial charge in [0.2, 0.25) is 0 Å². The number of halogens is 1. The fourth-order valence-corrected chi connectivity index (χ4v) is 2.03. The third-order valence-corrected chi connectivity index (χ3v) is 3.30. The fraction of sp³-hybridized carbons (Fsp3) is 0.429. The van der Waals surface area contributed by atoms with E-state index >= 15 is 0 Å². The van der Waals surface area contributed by atoms with E-state index in [1.165, 1.54) is 0 Å². The number of methoxy groups -OCH3 is 1. The molecule has 1 heterocycles. The number of fused-ring (bicyclic) bond motifs is 1. The summed E-state index contributed by atoms with van der Waals surface area (Å²) in [6, 6.07) is 7.20. The van der Waals surface area contributed by atoms with E-state index in [-0.39, 0.29) is 0 Å². The molecule has 0 aliphatic carbocycles. The quantitative estimate of drug-likeness (QED) is 0.913. The summed E-state index contributed by atoms with van der Waals surface area (Å²) in [5.41, 5.74) is 0.333. The van der Waals surface area contributed by atoms with E-state index in [1.807, 2.05) is 26.0 Å². The van der Waals surface area contributed by atoms with Crippen LogP contribution in [0.3, 0.4) is 0 Å². The minimum absolute atomic E-state index is 0.393. The van der Waals surface area contributed by atoms with Crippen LogP contribution in [0.1, 0.15) is 32.1 Å². The van der Waals surface area contributed by atoms with E-state index in [4.69, 9.17) is 20.8 Å². The summed E-state index contributed by atoms with van der Waals surface area (Å²) in [6.45, 7) is 3.85. The van der Waals surface area contributed by atoms with E-state index < -0.39 is 11.7 Å². The van der Waals surface area contributed by atoms with Crippen LogP contribution in [-0.4, -0.2) is 17.8 Å². The van der Waals surface area contributed by atoms with Gasteiger partial charge in [0.25, 0.3) is 0 Å². The van der Waals surface area contributed by atoms with Crippen molar-refractivity contribution >= 4 is 22.6 Å². The van der Waals surface area contributed by atoms with Gasteiger partial charge in [-0.1, -0.05) is 11.6 Å². The number of benzene rings is 1. The van der Waals surface area contributed by atoms with Crippen LogP contribution >= 0.6 is 11.6 Å². The van der Waals surface area contributed by atoms with Crippen LogP contribution < -0.4 is 0 Å². The minimum atomic E-state index is -0.689. The van der Waals surface area contributed by atoms with Gasteiger partial charge in [-0.3, -0.25) is 0 Å². The zero-order valence-corrected chi connectivity index (χ0v) is 11.5. The number of hydrogen-bond acceptors (Lipinski definition) is 3. The van der Waals surface area contributed by atoms with Crippen LogP contribution in [0.2, 0.25) is 5.02 Å². The molecule has 1 atom stereocenters. The first-order chi connectivity index (χ1) is 8.41. The van der Waals surface area contributed by atoms with Gasteiger partial charge in [-0.25, -0.2) is 0 Å². The van der Waals surface area contributed by atoms with Gasteiger partial charge < -0.3 is 14.3 Å². The Morgan fingerprint density at radius 1 is 1.39 bits per heavy atom. The summed E-state index contributed by atoms with van der Waals surface area (Å²) in [6.07, 6.45) is -0.219. The molecule has 0 amide bonds. The summed E-state index contributed by atoms with van der Waals surface area (Å²) in [5, 5.41) is 11.7. The first-order valence-electron chi connectivity index (χ1n) is 5.83. The lowest BCUT2D eigenvalue weighted by atomic mass is 9.99. The van der Waals surface area contributed by atoms with Crippen LogP contribution in [-0.2, 0) is 4.74 Å². The third-order valence-electron chi connectivity index (χ3n) is 3.06. The van der Waals surface area contributed by atoms with Gasteiger partial charge in [0, 0.05) is 23.9 Å². The SMILES string of the molecule is COC(C)(C)CC(O)c1cc2cc(Cl)ccc2o1. The highest BCUT2D eigenvalue weighted by Gasteiger charge is 2.24.